The number of carbonyl (C=O) groups excluding carboxylic acids is 1. The number of benzene rings is 1. The van der Waals surface area contributed by atoms with Crippen LogP contribution in [0.5, 0.6) is 5.88 Å². The van der Waals surface area contributed by atoms with E-state index < -0.39 is 5.97 Å². The maximum atomic E-state index is 11.8. The first-order chi connectivity index (χ1) is 10.1. The molecule has 0 radical (unpaired) electrons. The molecule has 0 bridgehead atoms. The third kappa shape index (κ3) is 3.66. The van der Waals surface area contributed by atoms with Crippen molar-refractivity contribution in [1.29, 1.82) is 0 Å². The largest absolute Gasteiger partial charge is 0.481 e. The van der Waals surface area contributed by atoms with Gasteiger partial charge >= 0.3 is 5.97 Å². The molecule has 1 aromatic carbocycles. The molecule has 0 fully saturated rings. The zero-order valence-electron chi connectivity index (χ0n) is 11.6. The summed E-state index contributed by atoms with van der Waals surface area (Å²) in [6.07, 6.45) is 1.49. The molecule has 0 saturated carbocycles. The van der Waals surface area contributed by atoms with Gasteiger partial charge < -0.3 is 9.84 Å². The fourth-order valence-electron chi connectivity index (χ4n) is 1.97. The first-order valence-corrected chi connectivity index (χ1v) is 6.46. The van der Waals surface area contributed by atoms with Gasteiger partial charge in [0, 0.05) is 23.7 Å². The fraction of sp³-hybridized carbons (Fsp3) is 0.188. The van der Waals surface area contributed by atoms with Gasteiger partial charge in [0.2, 0.25) is 5.88 Å². The number of carboxylic acids is 1. The van der Waals surface area contributed by atoms with Crippen LogP contribution < -0.4 is 4.74 Å². The molecule has 108 valence electrons. The number of rotatable bonds is 6. The lowest BCUT2D eigenvalue weighted by atomic mass is 10.0. The van der Waals surface area contributed by atoms with Crippen LogP contribution in [0.4, 0.5) is 0 Å². The van der Waals surface area contributed by atoms with E-state index in [4.69, 9.17) is 9.84 Å². The second-order valence-corrected chi connectivity index (χ2v) is 4.45. The molecule has 0 spiro atoms. The Morgan fingerprint density at radius 1 is 1.14 bits per heavy atom. The molecule has 0 saturated heterocycles. The van der Waals surface area contributed by atoms with Crippen molar-refractivity contribution >= 4 is 11.8 Å². The molecule has 1 aromatic heterocycles. The van der Waals surface area contributed by atoms with Crippen molar-refractivity contribution in [3.63, 3.8) is 0 Å². The van der Waals surface area contributed by atoms with Crippen molar-refractivity contribution in [2.45, 2.75) is 12.8 Å². The molecule has 1 heterocycles. The molecule has 0 aliphatic carbocycles. The maximum absolute atomic E-state index is 11.8. The van der Waals surface area contributed by atoms with Gasteiger partial charge in [0.25, 0.3) is 0 Å². The molecule has 0 atom stereocenters. The Hall–Kier alpha value is -2.69. The first-order valence-electron chi connectivity index (χ1n) is 6.46. The van der Waals surface area contributed by atoms with Crippen LogP contribution in [0.3, 0.4) is 0 Å². The van der Waals surface area contributed by atoms with Gasteiger partial charge in [-0.25, -0.2) is 4.98 Å². The number of aromatic nitrogens is 1. The van der Waals surface area contributed by atoms with E-state index in [-0.39, 0.29) is 18.6 Å². The summed E-state index contributed by atoms with van der Waals surface area (Å²) in [6, 6.07) is 10.7. The van der Waals surface area contributed by atoms with Crippen molar-refractivity contribution in [2.75, 3.05) is 7.11 Å². The number of carboxylic acid groups (broad SMARTS) is 1. The predicted octanol–water partition coefficient (Wildman–Crippen LogP) is 2.80. The zero-order chi connectivity index (χ0) is 15.2. The number of aliphatic carboxylic acids is 1. The van der Waals surface area contributed by atoms with E-state index in [1.54, 1.807) is 37.6 Å². The lowest BCUT2D eigenvalue weighted by Gasteiger charge is -2.07. The van der Waals surface area contributed by atoms with E-state index >= 15 is 0 Å². The highest BCUT2D eigenvalue weighted by Gasteiger charge is 2.10. The van der Waals surface area contributed by atoms with Crippen molar-refractivity contribution in [3.8, 4) is 17.0 Å². The quantitative estimate of drug-likeness (QED) is 0.826. The topological polar surface area (TPSA) is 76.5 Å². The lowest BCUT2D eigenvalue weighted by molar-refractivity contribution is -0.136. The van der Waals surface area contributed by atoms with Crippen molar-refractivity contribution in [3.05, 3.63) is 48.2 Å². The van der Waals surface area contributed by atoms with Gasteiger partial charge in [0.05, 0.1) is 13.5 Å². The Labute approximate surface area is 122 Å². The molecule has 5 heteroatoms. The van der Waals surface area contributed by atoms with Gasteiger partial charge in [-0.05, 0) is 17.7 Å². The van der Waals surface area contributed by atoms with E-state index in [1.807, 2.05) is 12.1 Å². The summed E-state index contributed by atoms with van der Waals surface area (Å²) in [4.78, 5) is 26.4. The molecule has 1 N–H and O–H groups in total. The normalized spacial score (nSPS) is 10.1. The number of methoxy groups -OCH3 is 1. The molecule has 5 nitrogen and oxygen atoms in total. The number of ether oxygens (including phenoxy) is 1. The summed E-state index contributed by atoms with van der Waals surface area (Å²) in [5.74, 6) is -0.635. The van der Waals surface area contributed by atoms with Gasteiger partial charge in [0.1, 0.15) is 0 Å². The van der Waals surface area contributed by atoms with Crippen LogP contribution in [0, 0.1) is 0 Å². The van der Waals surface area contributed by atoms with Crippen LogP contribution in [0.25, 0.3) is 11.1 Å². The SMILES string of the molecule is COc1ncccc1-c1ccc(C(=O)CCC(=O)O)cc1. The van der Waals surface area contributed by atoms with Gasteiger partial charge in [-0.1, -0.05) is 24.3 Å². The fourth-order valence-corrected chi connectivity index (χ4v) is 1.97. The molecule has 0 aliphatic heterocycles. The number of hydrogen-bond donors (Lipinski definition) is 1. The summed E-state index contributed by atoms with van der Waals surface area (Å²) < 4.78 is 5.20. The van der Waals surface area contributed by atoms with Crippen LogP contribution in [0.1, 0.15) is 23.2 Å². The van der Waals surface area contributed by atoms with Crippen molar-refractivity contribution in [2.24, 2.45) is 0 Å². The minimum atomic E-state index is -0.972. The number of carbonyl (C=O) groups is 2. The lowest BCUT2D eigenvalue weighted by Crippen LogP contribution is -2.03. The molecule has 2 aromatic rings. The van der Waals surface area contributed by atoms with Crippen LogP contribution >= 0.6 is 0 Å². The Kier molecular flexibility index (Phi) is 4.66. The first kappa shape index (κ1) is 14.7. The number of hydrogen-bond acceptors (Lipinski definition) is 4. The molecule has 0 aliphatic rings. The van der Waals surface area contributed by atoms with E-state index in [2.05, 4.69) is 4.98 Å². The Balaban J connectivity index is 2.19. The van der Waals surface area contributed by atoms with E-state index in [9.17, 15) is 9.59 Å². The van der Waals surface area contributed by atoms with E-state index in [0.717, 1.165) is 11.1 Å². The number of nitrogens with zero attached hydrogens (tertiary/aromatic N) is 1. The highest BCUT2D eigenvalue weighted by molar-refractivity contribution is 5.97. The standard InChI is InChI=1S/C16H15NO4/c1-21-16-13(3-2-10-17-16)11-4-6-12(7-5-11)14(18)8-9-15(19)20/h2-7,10H,8-9H2,1H3,(H,19,20). The summed E-state index contributed by atoms with van der Waals surface area (Å²) >= 11 is 0. The number of ketones is 1. The third-order valence-electron chi connectivity index (χ3n) is 3.05. The van der Waals surface area contributed by atoms with Gasteiger partial charge in [-0.2, -0.15) is 0 Å². The average molecular weight is 285 g/mol. The minimum Gasteiger partial charge on any atom is -0.481 e. The summed E-state index contributed by atoms with van der Waals surface area (Å²) in [7, 11) is 1.55. The van der Waals surface area contributed by atoms with Crippen LogP contribution in [-0.4, -0.2) is 29.0 Å². The van der Waals surface area contributed by atoms with Crippen molar-refractivity contribution < 1.29 is 19.4 Å². The minimum absolute atomic E-state index is 0.00485. The summed E-state index contributed by atoms with van der Waals surface area (Å²) in [5, 5.41) is 8.59. The molecular weight excluding hydrogens is 270 g/mol. The van der Waals surface area contributed by atoms with E-state index in [1.165, 1.54) is 0 Å². The number of pyridine rings is 1. The molecule has 0 unspecified atom stereocenters. The van der Waals surface area contributed by atoms with Gasteiger partial charge in [-0.3, -0.25) is 9.59 Å². The molecule has 2 rings (SSSR count). The maximum Gasteiger partial charge on any atom is 0.303 e. The van der Waals surface area contributed by atoms with E-state index in [0.29, 0.717) is 11.4 Å². The second-order valence-electron chi connectivity index (χ2n) is 4.45. The average Bonchev–Trinajstić information content (AvgIpc) is 2.52. The van der Waals surface area contributed by atoms with Crippen LogP contribution in [0.15, 0.2) is 42.6 Å². The highest BCUT2D eigenvalue weighted by atomic mass is 16.5. The number of Topliss-reactive ketones (excluding diaryl/α,β-unsaturated/α-hetero) is 1. The third-order valence-corrected chi connectivity index (χ3v) is 3.05. The monoisotopic (exact) mass is 285 g/mol. The summed E-state index contributed by atoms with van der Waals surface area (Å²) in [5.41, 5.74) is 2.22. The van der Waals surface area contributed by atoms with Crippen molar-refractivity contribution in [1.82, 2.24) is 4.98 Å². The Bertz CT molecular complexity index is 650. The van der Waals surface area contributed by atoms with Crippen LogP contribution in [-0.2, 0) is 4.79 Å². The van der Waals surface area contributed by atoms with Gasteiger partial charge in [0.15, 0.2) is 5.78 Å². The summed E-state index contributed by atoms with van der Waals surface area (Å²) in [6.45, 7) is 0. The zero-order valence-corrected chi connectivity index (χ0v) is 11.6. The second kappa shape index (κ2) is 6.65. The smallest absolute Gasteiger partial charge is 0.303 e. The Morgan fingerprint density at radius 3 is 2.48 bits per heavy atom. The molecule has 21 heavy (non-hydrogen) atoms. The van der Waals surface area contributed by atoms with Gasteiger partial charge in [-0.15, -0.1) is 0 Å². The van der Waals surface area contributed by atoms with Crippen LogP contribution in [0.2, 0.25) is 0 Å². The Morgan fingerprint density at radius 2 is 1.86 bits per heavy atom. The molecule has 0 amide bonds. The predicted molar refractivity (Wildman–Crippen MR) is 77.4 cm³/mol. The molecular formula is C16H15NO4. The highest BCUT2D eigenvalue weighted by Crippen LogP contribution is 2.27.